The quantitative estimate of drug-likeness (QED) is 0.715. The Morgan fingerprint density at radius 1 is 1.05 bits per heavy atom. The third-order valence-electron chi connectivity index (χ3n) is 4.60. The molecule has 0 aromatic heterocycles. The fourth-order valence-electron chi connectivity index (χ4n) is 3.25. The summed E-state index contributed by atoms with van der Waals surface area (Å²) < 4.78 is 0. The Balaban J connectivity index is 1.70. The summed E-state index contributed by atoms with van der Waals surface area (Å²) in [6, 6.07) is 9.02. The molecular weight excluding hydrogens is 244 g/mol. The fourth-order valence-corrected chi connectivity index (χ4v) is 3.25. The van der Waals surface area contributed by atoms with Crippen LogP contribution in [-0.2, 0) is 6.54 Å². The van der Waals surface area contributed by atoms with Gasteiger partial charge in [0, 0.05) is 25.3 Å². The second kappa shape index (κ2) is 8.31. The molecule has 0 saturated heterocycles. The molecule has 0 aliphatic heterocycles. The van der Waals surface area contributed by atoms with E-state index in [1.54, 1.807) is 0 Å². The van der Waals surface area contributed by atoms with Gasteiger partial charge in [0.2, 0.25) is 0 Å². The summed E-state index contributed by atoms with van der Waals surface area (Å²) in [6.07, 6.45) is 7.19. The van der Waals surface area contributed by atoms with Gasteiger partial charge >= 0.3 is 0 Å². The van der Waals surface area contributed by atoms with Crippen LogP contribution in [0.25, 0.3) is 0 Å². The first kappa shape index (κ1) is 15.4. The van der Waals surface area contributed by atoms with Gasteiger partial charge in [0.25, 0.3) is 0 Å². The van der Waals surface area contributed by atoms with Crippen LogP contribution in [0.2, 0.25) is 0 Å². The van der Waals surface area contributed by atoms with Crippen molar-refractivity contribution in [3.63, 3.8) is 0 Å². The van der Waals surface area contributed by atoms with Crippen LogP contribution in [0, 0.1) is 5.92 Å². The van der Waals surface area contributed by atoms with E-state index in [0.717, 1.165) is 25.6 Å². The Morgan fingerprint density at radius 2 is 1.70 bits per heavy atom. The average Bonchev–Trinajstić information content (AvgIpc) is 3.00. The smallest absolute Gasteiger partial charge is 0.0366 e. The van der Waals surface area contributed by atoms with Crippen molar-refractivity contribution in [1.82, 2.24) is 5.32 Å². The van der Waals surface area contributed by atoms with Gasteiger partial charge in [-0.3, -0.25) is 0 Å². The monoisotopic (exact) mass is 274 g/mol. The topological polar surface area (TPSA) is 15.3 Å². The first-order chi connectivity index (χ1) is 9.83. The second-order valence-electron chi connectivity index (χ2n) is 5.95. The Hall–Kier alpha value is -1.02. The Labute approximate surface area is 124 Å². The number of hydrogen-bond donors (Lipinski definition) is 1. The van der Waals surface area contributed by atoms with Gasteiger partial charge in [-0.05, 0) is 50.4 Å². The lowest BCUT2D eigenvalue weighted by Crippen LogP contribution is -2.21. The molecule has 0 radical (unpaired) electrons. The molecule has 1 aromatic carbocycles. The summed E-state index contributed by atoms with van der Waals surface area (Å²) in [5, 5.41) is 3.59. The summed E-state index contributed by atoms with van der Waals surface area (Å²) in [5.74, 6) is 0.993. The van der Waals surface area contributed by atoms with Crippen molar-refractivity contribution in [3.05, 3.63) is 29.8 Å². The van der Waals surface area contributed by atoms with E-state index in [4.69, 9.17) is 0 Å². The molecule has 0 atom stereocenters. The van der Waals surface area contributed by atoms with Crippen molar-refractivity contribution in [3.8, 4) is 0 Å². The minimum atomic E-state index is 0.993. The van der Waals surface area contributed by atoms with E-state index in [-0.39, 0.29) is 0 Å². The summed E-state index contributed by atoms with van der Waals surface area (Å²) in [5.41, 5.74) is 2.73. The first-order valence-corrected chi connectivity index (χ1v) is 8.38. The number of nitrogens with one attached hydrogen (secondary N) is 1. The predicted molar refractivity (Wildman–Crippen MR) is 88.3 cm³/mol. The van der Waals surface area contributed by atoms with Gasteiger partial charge in [-0.15, -0.1) is 0 Å². The Morgan fingerprint density at radius 3 is 2.30 bits per heavy atom. The molecule has 1 aromatic rings. The van der Waals surface area contributed by atoms with E-state index >= 15 is 0 Å². The zero-order valence-electron chi connectivity index (χ0n) is 13.2. The summed E-state index contributed by atoms with van der Waals surface area (Å²) in [4.78, 5) is 2.39. The number of rotatable bonds is 8. The van der Waals surface area contributed by atoms with Crippen LogP contribution < -0.4 is 10.2 Å². The van der Waals surface area contributed by atoms with Gasteiger partial charge < -0.3 is 10.2 Å². The first-order valence-electron chi connectivity index (χ1n) is 8.38. The molecule has 1 N–H and O–H groups in total. The summed E-state index contributed by atoms with van der Waals surface area (Å²) in [7, 11) is 0. The maximum Gasteiger partial charge on any atom is 0.0366 e. The highest BCUT2D eigenvalue weighted by Crippen LogP contribution is 2.26. The molecule has 2 heteroatoms. The van der Waals surface area contributed by atoms with Crippen molar-refractivity contribution in [2.75, 3.05) is 24.5 Å². The Bertz CT molecular complexity index is 362. The molecule has 0 spiro atoms. The van der Waals surface area contributed by atoms with E-state index in [1.807, 2.05) is 0 Å². The number of hydrogen-bond acceptors (Lipinski definition) is 2. The Kier molecular flexibility index (Phi) is 6.38. The molecule has 1 aliphatic rings. The molecule has 2 rings (SSSR count). The van der Waals surface area contributed by atoms with Crippen molar-refractivity contribution in [2.24, 2.45) is 5.92 Å². The van der Waals surface area contributed by atoms with E-state index in [1.165, 1.54) is 49.9 Å². The predicted octanol–water partition coefficient (Wildman–Crippen LogP) is 4.20. The minimum Gasteiger partial charge on any atom is -0.372 e. The zero-order valence-corrected chi connectivity index (χ0v) is 13.2. The van der Waals surface area contributed by atoms with Crippen LogP contribution in [-0.4, -0.2) is 19.6 Å². The maximum absolute atomic E-state index is 3.59. The third-order valence-corrected chi connectivity index (χ3v) is 4.60. The molecule has 20 heavy (non-hydrogen) atoms. The molecule has 1 saturated carbocycles. The second-order valence-corrected chi connectivity index (χ2v) is 5.95. The lowest BCUT2D eigenvalue weighted by atomic mass is 10.0. The molecule has 1 aliphatic carbocycles. The maximum atomic E-state index is 3.59. The normalized spacial score (nSPS) is 15.7. The van der Waals surface area contributed by atoms with Gasteiger partial charge in [-0.25, -0.2) is 0 Å². The van der Waals surface area contributed by atoms with Crippen LogP contribution in [0.3, 0.4) is 0 Å². The van der Waals surface area contributed by atoms with Crippen LogP contribution in [0.4, 0.5) is 5.69 Å². The lowest BCUT2D eigenvalue weighted by Gasteiger charge is -2.21. The third kappa shape index (κ3) is 4.52. The highest BCUT2D eigenvalue weighted by molar-refractivity contribution is 5.47. The number of nitrogens with zero attached hydrogens (tertiary/aromatic N) is 1. The molecule has 112 valence electrons. The molecule has 0 amide bonds. The van der Waals surface area contributed by atoms with Crippen LogP contribution in [0.15, 0.2) is 24.3 Å². The zero-order chi connectivity index (χ0) is 14.2. The van der Waals surface area contributed by atoms with Gasteiger partial charge in [-0.2, -0.15) is 0 Å². The summed E-state index contributed by atoms with van der Waals surface area (Å²) >= 11 is 0. The van der Waals surface area contributed by atoms with Gasteiger partial charge in [0.05, 0.1) is 0 Å². The minimum absolute atomic E-state index is 0.993. The van der Waals surface area contributed by atoms with Gasteiger partial charge in [-0.1, -0.05) is 37.8 Å². The van der Waals surface area contributed by atoms with Crippen molar-refractivity contribution >= 4 is 5.69 Å². The molecule has 1 fully saturated rings. The van der Waals surface area contributed by atoms with E-state index in [2.05, 4.69) is 48.3 Å². The largest absolute Gasteiger partial charge is 0.372 e. The molecular formula is C18H30N2. The number of benzene rings is 1. The SMILES string of the molecule is CCN(CC)c1ccc(CNCCC2CCCC2)cc1. The molecule has 0 bridgehead atoms. The van der Waals surface area contributed by atoms with E-state index in [0.29, 0.717) is 0 Å². The van der Waals surface area contributed by atoms with Crippen molar-refractivity contribution in [2.45, 2.75) is 52.5 Å². The van der Waals surface area contributed by atoms with Gasteiger partial charge in [0.15, 0.2) is 0 Å². The molecule has 2 nitrogen and oxygen atoms in total. The van der Waals surface area contributed by atoms with E-state index < -0.39 is 0 Å². The highest BCUT2D eigenvalue weighted by Gasteiger charge is 2.13. The summed E-state index contributed by atoms with van der Waals surface area (Å²) in [6.45, 7) is 8.75. The average molecular weight is 274 g/mol. The van der Waals surface area contributed by atoms with E-state index in [9.17, 15) is 0 Å². The van der Waals surface area contributed by atoms with Crippen molar-refractivity contribution in [1.29, 1.82) is 0 Å². The van der Waals surface area contributed by atoms with Crippen LogP contribution >= 0.6 is 0 Å². The van der Waals surface area contributed by atoms with Crippen molar-refractivity contribution < 1.29 is 0 Å². The number of anilines is 1. The molecule has 0 unspecified atom stereocenters. The van der Waals surface area contributed by atoms with Crippen LogP contribution in [0.5, 0.6) is 0 Å². The lowest BCUT2D eigenvalue weighted by molar-refractivity contribution is 0.477. The van der Waals surface area contributed by atoms with Crippen LogP contribution in [0.1, 0.15) is 51.5 Å². The standard InChI is InChI=1S/C18H30N2/c1-3-20(4-2)18-11-9-17(10-12-18)15-19-14-13-16-7-5-6-8-16/h9-12,16,19H,3-8,13-15H2,1-2H3. The fraction of sp³-hybridized carbons (Fsp3) is 0.667. The molecule has 0 heterocycles. The highest BCUT2D eigenvalue weighted by atomic mass is 15.1. The van der Waals surface area contributed by atoms with Gasteiger partial charge in [0.1, 0.15) is 0 Å².